The van der Waals surface area contributed by atoms with E-state index in [1.165, 1.54) is 10.8 Å². The van der Waals surface area contributed by atoms with Crippen LogP contribution in [-0.4, -0.2) is 47.5 Å². The highest BCUT2D eigenvalue weighted by molar-refractivity contribution is 6.28. The molecule has 1 aliphatic heterocycles. The quantitative estimate of drug-likeness (QED) is 0.704. The Morgan fingerprint density at radius 1 is 1.19 bits per heavy atom. The van der Waals surface area contributed by atoms with Gasteiger partial charge in [0.05, 0.1) is 31.2 Å². The van der Waals surface area contributed by atoms with Gasteiger partial charge in [0.25, 0.3) is 11.9 Å². The van der Waals surface area contributed by atoms with E-state index in [-0.39, 0.29) is 17.4 Å². The van der Waals surface area contributed by atoms with Crippen LogP contribution in [-0.2, 0) is 9.59 Å². The van der Waals surface area contributed by atoms with E-state index in [0.29, 0.717) is 28.9 Å². The molecule has 0 unspecified atom stereocenters. The van der Waals surface area contributed by atoms with E-state index < -0.39 is 5.91 Å². The van der Waals surface area contributed by atoms with Crippen LogP contribution in [0.1, 0.15) is 36.9 Å². The van der Waals surface area contributed by atoms with Crippen molar-refractivity contribution in [2.24, 2.45) is 9.98 Å². The summed E-state index contributed by atoms with van der Waals surface area (Å²) >= 11 is 0. The van der Waals surface area contributed by atoms with E-state index in [4.69, 9.17) is 9.47 Å². The van der Waals surface area contributed by atoms with Crippen molar-refractivity contribution in [2.45, 2.75) is 25.7 Å². The number of hydrogen-bond acceptors (Lipinski definition) is 6. The van der Waals surface area contributed by atoms with Gasteiger partial charge in [-0.25, -0.2) is 4.99 Å². The van der Waals surface area contributed by atoms with Gasteiger partial charge in [-0.05, 0) is 43.5 Å². The Kier molecular flexibility index (Phi) is 5.72. The summed E-state index contributed by atoms with van der Waals surface area (Å²) in [5.41, 5.74) is 2.31. The molecule has 1 aromatic carbocycles. The number of methoxy groups -OCH3 is 2. The molecule has 1 N–H and O–H groups in total. The minimum atomic E-state index is -0.471. The second-order valence-corrected chi connectivity index (χ2v) is 7.47. The second kappa shape index (κ2) is 8.62. The van der Waals surface area contributed by atoms with Crippen molar-refractivity contribution in [1.82, 2.24) is 9.78 Å². The van der Waals surface area contributed by atoms with Gasteiger partial charge in [0.1, 0.15) is 5.82 Å². The molecular weight excluding hydrogens is 410 g/mol. The van der Waals surface area contributed by atoms with Gasteiger partial charge >= 0.3 is 0 Å². The van der Waals surface area contributed by atoms with E-state index in [0.717, 1.165) is 24.1 Å². The first-order chi connectivity index (χ1) is 15.4. The van der Waals surface area contributed by atoms with Gasteiger partial charge in [0.15, 0.2) is 11.5 Å². The molecule has 2 aromatic rings. The first-order valence-corrected chi connectivity index (χ1v) is 10.1. The molecule has 9 heteroatoms. The van der Waals surface area contributed by atoms with Crippen LogP contribution in [0.5, 0.6) is 11.5 Å². The van der Waals surface area contributed by atoms with E-state index in [1.54, 1.807) is 45.4 Å². The van der Waals surface area contributed by atoms with Gasteiger partial charge in [-0.1, -0.05) is 12.6 Å². The van der Waals surface area contributed by atoms with Crippen LogP contribution >= 0.6 is 0 Å². The van der Waals surface area contributed by atoms with Crippen molar-refractivity contribution < 1.29 is 19.1 Å². The summed E-state index contributed by atoms with van der Waals surface area (Å²) in [4.78, 5) is 33.0. The molecule has 0 atom stereocenters. The van der Waals surface area contributed by atoms with Crippen molar-refractivity contribution in [3.8, 4) is 11.5 Å². The Hall–Kier alpha value is -4.01. The molecule has 1 aliphatic carbocycles. The standard InChI is InChI=1S/C23H23N5O4/c1-13-14(2)24-23(26-22(13)30)28-20(12-17(27-28)16-7-8-16)25-21(29)10-6-15-5-9-18(31-3)19(11-15)32-4/h5-6,9-12,16H,1,7-8H2,2-4H3,(H,25,29)/b10-6+. The number of nitrogens with zero attached hydrogens (tertiary/aromatic N) is 4. The fraction of sp³-hybridized carbons (Fsp3) is 0.261. The molecular formula is C23H23N5O4. The molecule has 0 radical (unpaired) electrons. The zero-order chi connectivity index (χ0) is 22.8. The van der Waals surface area contributed by atoms with Gasteiger partial charge in [0, 0.05) is 18.1 Å². The maximum absolute atomic E-state index is 12.6. The average Bonchev–Trinajstić information content (AvgIpc) is 3.56. The summed E-state index contributed by atoms with van der Waals surface area (Å²) in [6.07, 6.45) is 5.13. The lowest BCUT2D eigenvalue weighted by molar-refractivity contribution is -0.114. The monoisotopic (exact) mass is 433 g/mol. The van der Waals surface area contributed by atoms with Crippen LogP contribution in [0, 0.1) is 0 Å². The topological polar surface area (TPSA) is 107 Å². The normalized spacial score (nSPS) is 16.1. The summed E-state index contributed by atoms with van der Waals surface area (Å²) in [5.74, 6) is 1.17. The molecule has 2 amide bonds. The maximum Gasteiger partial charge on any atom is 0.281 e. The maximum atomic E-state index is 12.6. The van der Waals surface area contributed by atoms with Crippen molar-refractivity contribution in [1.29, 1.82) is 0 Å². The lowest BCUT2D eigenvalue weighted by atomic mass is 10.2. The van der Waals surface area contributed by atoms with Crippen LogP contribution in [0.4, 0.5) is 5.82 Å². The average molecular weight is 433 g/mol. The molecule has 32 heavy (non-hydrogen) atoms. The minimum absolute atomic E-state index is 0.103. The highest BCUT2D eigenvalue weighted by Gasteiger charge is 2.29. The van der Waals surface area contributed by atoms with Crippen molar-refractivity contribution in [3.05, 3.63) is 53.8 Å². The third-order valence-electron chi connectivity index (χ3n) is 5.16. The summed E-state index contributed by atoms with van der Waals surface area (Å²) in [6, 6.07) is 7.14. The van der Waals surface area contributed by atoms with Crippen molar-refractivity contribution in [2.75, 3.05) is 19.5 Å². The van der Waals surface area contributed by atoms with Crippen LogP contribution in [0.15, 0.2) is 52.5 Å². The molecule has 1 saturated carbocycles. The Morgan fingerprint density at radius 3 is 2.59 bits per heavy atom. The summed E-state index contributed by atoms with van der Waals surface area (Å²) in [7, 11) is 3.11. The predicted octanol–water partition coefficient (Wildman–Crippen LogP) is 3.19. The number of aliphatic imine (C=N–C) groups is 2. The molecule has 0 spiro atoms. The number of nitrogens with one attached hydrogen (secondary N) is 1. The van der Waals surface area contributed by atoms with Crippen LogP contribution in [0.3, 0.4) is 0 Å². The second-order valence-electron chi connectivity index (χ2n) is 7.47. The van der Waals surface area contributed by atoms with Crippen LogP contribution in [0.25, 0.3) is 6.08 Å². The number of rotatable bonds is 6. The molecule has 4 rings (SSSR count). The van der Waals surface area contributed by atoms with E-state index in [1.807, 2.05) is 6.07 Å². The number of benzene rings is 1. The van der Waals surface area contributed by atoms with Gasteiger partial charge in [-0.2, -0.15) is 14.8 Å². The van der Waals surface area contributed by atoms with E-state index in [2.05, 4.69) is 27.0 Å². The number of carbonyl (C=O) groups excluding carboxylic acids is 2. The number of carbonyl (C=O) groups is 2. The van der Waals surface area contributed by atoms with Gasteiger partial charge < -0.3 is 14.8 Å². The zero-order valence-corrected chi connectivity index (χ0v) is 18.1. The zero-order valence-electron chi connectivity index (χ0n) is 18.1. The third-order valence-corrected chi connectivity index (χ3v) is 5.16. The Labute approximate surface area is 185 Å². The van der Waals surface area contributed by atoms with E-state index >= 15 is 0 Å². The Morgan fingerprint density at radius 2 is 1.94 bits per heavy atom. The molecule has 9 nitrogen and oxygen atoms in total. The van der Waals surface area contributed by atoms with Crippen molar-refractivity contribution >= 4 is 35.4 Å². The molecule has 0 saturated heterocycles. The highest BCUT2D eigenvalue weighted by atomic mass is 16.5. The predicted molar refractivity (Wildman–Crippen MR) is 122 cm³/mol. The summed E-state index contributed by atoms with van der Waals surface area (Å²) in [6.45, 7) is 5.37. The molecule has 2 aliphatic rings. The minimum Gasteiger partial charge on any atom is -0.493 e. The first-order valence-electron chi connectivity index (χ1n) is 10.1. The lowest BCUT2D eigenvalue weighted by Crippen LogP contribution is -2.24. The number of anilines is 1. The van der Waals surface area contributed by atoms with E-state index in [9.17, 15) is 9.59 Å². The lowest BCUT2D eigenvalue weighted by Gasteiger charge is -2.12. The SMILES string of the molecule is C=C1C(=O)N=C(n2nc(C3CC3)cc2NC(=O)/C=C/c2ccc(OC)c(OC)c2)N=C1C. The summed E-state index contributed by atoms with van der Waals surface area (Å²) < 4.78 is 11.9. The van der Waals surface area contributed by atoms with Crippen molar-refractivity contribution in [3.63, 3.8) is 0 Å². The Balaban J connectivity index is 1.57. The summed E-state index contributed by atoms with van der Waals surface area (Å²) in [5, 5.41) is 7.34. The van der Waals surface area contributed by atoms with Crippen LogP contribution in [0.2, 0.25) is 0 Å². The first kappa shape index (κ1) is 21.2. The van der Waals surface area contributed by atoms with Crippen LogP contribution < -0.4 is 14.8 Å². The molecule has 0 bridgehead atoms. The fourth-order valence-electron chi connectivity index (χ4n) is 3.17. The molecule has 1 fully saturated rings. The fourth-order valence-corrected chi connectivity index (χ4v) is 3.17. The molecule has 1 aromatic heterocycles. The Bertz CT molecular complexity index is 1200. The third kappa shape index (κ3) is 4.36. The number of hydrogen-bond donors (Lipinski definition) is 1. The van der Waals surface area contributed by atoms with Gasteiger partial charge in [-0.3, -0.25) is 9.59 Å². The number of amides is 2. The highest BCUT2D eigenvalue weighted by Crippen LogP contribution is 2.40. The smallest absolute Gasteiger partial charge is 0.281 e. The van der Waals surface area contributed by atoms with Gasteiger partial charge in [-0.15, -0.1) is 0 Å². The number of ether oxygens (including phenoxy) is 2. The largest absolute Gasteiger partial charge is 0.493 e. The van der Waals surface area contributed by atoms with Gasteiger partial charge in [0.2, 0.25) is 5.91 Å². The number of aromatic nitrogens is 2. The molecule has 164 valence electrons. The molecule has 2 heterocycles.